The first-order valence-electron chi connectivity index (χ1n) is 9.41. The number of amides is 2. The van der Waals surface area contributed by atoms with Crippen LogP contribution in [0.2, 0.25) is 0 Å². The molecule has 27 heavy (non-hydrogen) atoms. The molecule has 0 bridgehead atoms. The molecule has 0 aliphatic carbocycles. The van der Waals surface area contributed by atoms with Crippen LogP contribution in [0.15, 0.2) is 41.8 Å². The second-order valence-corrected chi connectivity index (χ2v) is 8.46. The van der Waals surface area contributed by atoms with Gasteiger partial charge in [-0.1, -0.05) is 30.3 Å². The van der Waals surface area contributed by atoms with E-state index in [2.05, 4.69) is 23.6 Å². The number of benzene rings is 1. The zero-order valence-corrected chi connectivity index (χ0v) is 16.0. The van der Waals surface area contributed by atoms with Crippen LogP contribution in [0.25, 0.3) is 10.4 Å². The van der Waals surface area contributed by atoms with E-state index in [9.17, 15) is 9.59 Å². The van der Waals surface area contributed by atoms with Crippen molar-refractivity contribution in [2.75, 3.05) is 19.7 Å². The highest BCUT2D eigenvalue weighted by atomic mass is 32.1. The first kappa shape index (κ1) is 18.2. The van der Waals surface area contributed by atoms with Crippen molar-refractivity contribution in [3.63, 3.8) is 0 Å². The summed E-state index contributed by atoms with van der Waals surface area (Å²) in [6.45, 7) is 1.58. The van der Waals surface area contributed by atoms with Crippen LogP contribution < -0.4 is 5.73 Å². The Kier molecular flexibility index (Phi) is 5.02. The Labute approximate surface area is 163 Å². The van der Waals surface area contributed by atoms with E-state index in [1.54, 1.807) is 16.2 Å². The van der Waals surface area contributed by atoms with Gasteiger partial charge in [-0.05, 0) is 48.3 Å². The summed E-state index contributed by atoms with van der Waals surface area (Å²) in [6.07, 6.45) is 2.49. The van der Waals surface area contributed by atoms with Crippen molar-refractivity contribution >= 4 is 23.2 Å². The quantitative estimate of drug-likeness (QED) is 0.862. The summed E-state index contributed by atoms with van der Waals surface area (Å²) < 4.78 is 5.52. The van der Waals surface area contributed by atoms with Gasteiger partial charge in [0, 0.05) is 24.6 Å². The molecule has 5 nitrogen and oxygen atoms in total. The molecule has 2 aliphatic rings. The third kappa shape index (κ3) is 3.64. The van der Waals surface area contributed by atoms with E-state index in [1.165, 1.54) is 4.88 Å². The lowest BCUT2D eigenvalue weighted by Gasteiger charge is -2.27. The fourth-order valence-corrected chi connectivity index (χ4v) is 4.86. The topological polar surface area (TPSA) is 72.6 Å². The summed E-state index contributed by atoms with van der Waals surface area (Å²) in [4.78, 5) is 28.0. The Morgan fingerprint density at radius 2 is 2.19 bits per heavy atom. The van der Waals surface area contributed by atoms with Crippen molar-refractivity contribution in [3.8, 4) is 10.4 Å². The normalized spacial score (nSPS) is 25.0. The molecule has 2 saturated heterocycles. The van der Waals surface area contributed by atoms with Crippen LogP contribution in [0.3, 0.4) is 0 Å². The van der Waals surface area contributed by atoms with E-state index in [4.69, 9.17) is 10.5 Å². The van der Waals surface area contributed by atoms with E-state index in [-0.39, 0.29) is 17.9 Å². The average Bonchev–Trinajstić information content (AvgIpc) is 3.42. The third-order valence-electron chi connectivity index (χ3n) is 5.67. The van der Waals surface area contributed by atoms with Gasteiger partial charge < -0.3 is 15.4 Å². The van der Waals surface area contributed by atoms with E-state index >= 15 is 0 Å². The summed E-state index contributed by atoms with van der Waals surface area (Å²) in [6, 6.07) is 12.4. The molecule has 3 heterocycles. The second-order valence-electron chi connectivity index (χ2n) is 7.51. The number of thiophene rings is 1. The lowest BCUT2D eigenvalue weighted by Crippen LogP contribution is -2.44. The van der Waals surface area contributed by atoms with E-state index in [1.807, 2.05) is 18.2 Å². The molecule has 4 rings (SSSR count). The molecule has 0 saturated carbocycles. The van der Waals surface area contributed by atoms with Gasteiger partial charge >= 0.3 is 0 Å². The van der Waals surface area contributed by atoms with Crippen molar-refractivity contribution < 1.29 is 14.3 Å². The Hall–Kier alpha value is -2.18. The molecule has 2 aliphatic heterocycles. The second kappa shape index (κ2) is 7.44. The first-order valence-corrected chi connectivity index (χ1v) is 10.3. The number of rotatable bonds is 5. The number of nitrogens with zero attached hydrogens (tertiary/aromatic N) is 1. The van der Waals surface area contributed by atoms with Crippen LogP contribution in [0.4, 0.5) is 0 Å². The first-order chi connectivity index (χ1) is 13.1. The molecule has 1 aromatic carbocycles. The lowest BCUT2D eigenvalue weighted by atomic mass is 9.80. The molecule has 0 spiro atoms. The van der Waals surface area contributed by atoms with Crippen LogP contribution in [0.1, 0.15) is 24.8 Å². The number of carbonyl (C=O) groups excluding carboxylic acids is 2. The molecule has 2 aromatic rings. The molecule has 0 unspecified atom stereocenters. The predicted octanol–water partition coefficient (Wildman–Crippen LogP) is 2.84. The Morgan fingerprint density at radius 3 is 2.89 bits per heavy atom. The Balaban J connectivity index is 1.53. The minimum atomic E-state index is -0.706. The van der Waals surface area contributed by atoms with Crippen molar-refractivity contribution in [1.29, 1.82) is 0 Å². The van der Waals surface area contributed by atoms with Crippen LogP contribution in [0.5, 0.6) is 0 Å². The van der Waals surface area contributed by atoms with Gasteiger partial charge in [0.1, 0.15) is 6.10 Å². The van der Waals surface area contributed by atoms with Crippen molar-refractivity contribution in [2.24, 2.45) is 11.1 Å². The summed E-state index contributed by atoms with van der Waals surface area (Å²) >= 11 is 1.69. The van der Waals surface area contributed by atoms with Crippen LogP contribution in [-0.2, 0) is 20.7 Å². The number of ether oxygens (including phenoxy) is 1. The van der Waals surface area contributed by atoms with Gasteiger partial charge in [-0.15, -0.1) is 11.3 Å². The van der Waals surface area contributed by atoms with Gasteiger partial charge in [0.15, 0.2) is 0 Å². The summed E-state index contributed by atoms with van der Waals surface area (Å²) in [7, 11) is 0. The molecule has 0 radical (unpaired) electrons. The van der Waals surface area contributed by atoms with E-state index < -0.39 is 5.41 Å². The van der Waals surface area contributed by atoms with E-state index in [0.717, 1.165) is 24.0 Å². The maximum atomic E-state index is 12.7. The highest BCUT2D eigenvalue weighted by Gasteiger charge is 2.46. The zero-order valence-electron chi connectivity index (χ0n) is 15.2. The Bertz CT molecular complexity index is 830. The fourth-order valence-electron chi connectivity index (χ4n) is 4.14. The molecule has 2 N–H and O–H groups in total. The van der Waals surface area contributed by atoms with Gasteiger partial charge in [-0.2, -0.15) is 0 Å². The zero-order chi connectivity index (χ0) is 18.9. The van der Waals surface area contributed by atoms with Crippen molar-refractivity contribution in [2.45, 2.75) is 31.8 Å². The maximum absolute atomic E-state index is 12.7. The van der Waals surface area contributed by atoms with Crippen molar-refractivity contribution in [1.82, 2.24) is 4.90 Å². The monoisotopic (exact) mass is 384 g/mol. The average molecular weight is 385 g/mol. The smallest absolute Gasteiger partial charge is 0.251 e. The minimum Gasteiger partial charge on any atom is -0.369 e. The van der Waals surface area contributed by atoms with Crippen molar-refractivity contribution in [3.05, 3.63) is 47.3 Å². The molecule has 142 valence electrons. The van der Waals surface area contributed by atoms with Gasteiger partial charge in [-0.3, -0.25) is 9.59 Å². The van der Waals surface area contributed by atoms with Crippen LogP contribution >= 0.6 is 11.3 Å². The van der Waals surface area contributed by atoms with Gasteiger partial charge in [0.25, 0.3) is 5.91 Å². The lowest BCUT2D eigenvalue weighted by molar-refractivity contribution is -0.140. The maximum Gasteiger partial charge on any atom is 0.251 e. The molecule has 6 heteroatoms. The molecule has 2 amide bonds. The van der Waals surface area contributed by atoms with Gasteiger partial charge in [0.2, 0.25) is 5.91 Å². The number of likely N-dealkylation sites (tertiary alicyclic amines) is 1. The molecule has 2 fully saturated rings. The minimum absolute atomic E-state index is 0.00274. The summed E-state index contributed by atoms with van der Waals surface area (Å²) in [5.74, 6) is -0.324. The summed E-state index contributed by atoms with van der Waals surface area (Å²) in [5.41, 5.74) is 7.34. The van der Waals surface area contributed by atoms with E-state index in [0.29, 0.717) is 32.5 Å². The third-order valence-corrected chi connectivity index (χ3v) is 6.59. The largest absolute Gasteiger partial charge is 0.369 e. The number of primary amides is 1. The molecule has 1 aromatic heterocycles. The molecule has 2 atom stereocenters. The van der Waals surface area contributed by atoms with Crippen LogP contribution in [-0.4, -0.2) is 42.5 Å². The Morgan fingerprint density at radius 1 is 1.30 bits per heavy atom. The standard InChI is InChI=1S/C21H24N2O3S/c22-20(25)21(8-9-23(14-21)19(24)17-6-2-10-26-17)13-15-4-1-5-16(12-15)18-7-3-11-27-18/h1,3-5,7,11-12,17H,2,6,8-10,13-14H2,(H2,22,25)/t17-,21-/m0/s1. The predicted molar refractivity (Wildman–Crippen MR) is 105 cm³/mol. The number of nitrogens with two attached hydrogens (primary N) is 1. The molecular weight excluding hydrogens is 360 g/mol. The molecular formula is C21H24N2O3S. The summed E-state index contributed by atoms with van der Waals surface area (Å²) in [5, 5.41) is 2.05. The van der Waals surface area contributed by atoms with Crippen LogP contribution in [0, 0.1) is 5.41 Å². The number of carbonyl (C=O) groups is 2. The van der Waals surface area contributed by atoms with Gasteiger partial charge in [-0.25, -0.2) is 0 Å². The highest BCUT2D eigenvalue weighted by Crippen LogP contribution is 2.36. The number of hydrogen-bond acceptors (Lipinski definition) is 4. The fraction of sp³-hybridized carbons (Fsp3) is 0.429. The number of hydrogen-bond donors (Lipinski definition) is 1. The highest BCUT2D eigenvalue weighted by molar-refractivity contribution is 7.13. The SMILES string of the molecule is NC(=O)[C@]1(Cc2cccc(-c3cccs3)c2)CCN(C(=O)[C@@H]2CCCO2)C1. The van der Waals surface area contributed by atoms with Gasteiger partial charge in [0.05, 0.1) is 5.41 Å².